The zero-order valence-corrected chi connectivity index (χ0v) is 11.1. The highest BCUT2D eigenvalue weighted by Crippen LogP contribution is 2.18. The smallest absolute Gasteiger partial charge is 0.000744 e. The number of nitrogens with zero attached hydrogens (tertiary/aromatic N) is 2. The van der Waals surface area contributed by atoms with Crippen molar-refractivity contribution < 1.29 is 0 Å². The number of hydrogen-bond acceptors (Lipinski definition) is 3. The summed E-state index contributed by atoms with van der Waals surface area (Å²) in [6.07, 6.45) is 5.22. The van der Waals surface area contributed by atoms with Gasteiger partial charge >= 0.3 is 0 Å². The summed E-state index contributed by atoms with van der Waals surface area (Å²) in [7, 11) is 2.23. The fourth-order valence-electron chi connectivity index (χ4n) is 2.44. The van der Waals surface area contributed by atoms with Gasteiger partial charge in [0.2, 0.25) is 0 Å². The molecule has 0 unspecified atom stereocenters. The number of piperidine rings is 1. The van der Waals surface area contributed by atoms with Gasteiger partial charge in [-0.1, -0.05) is 6.92 Å². The summed E-state index contributed by atoms with van der Waals surface area (Å²) in [5, 5.41) is 0. The first kappa shape index (κ1) is 13.9. The van der Waals surface area contributed by atoms with Gasteiger partial charge in [0.25, 0.3) is 0 Å². The van der Waals surface area contributed by atoms with Gasteiger partial charge in [-0.05, 0) is 71.4 Å². The minimum Gasteiger partial charge on any atom is -0.330 e. The van der Waals surface area contributed by atoms with Crippen LogP contribution in [-0.2, 0) is 0 Å². The fourth-order valence-corrected chi connectivity index (χ4v) is 2.44. The standard InChI is InChI=1S/C13H29N3/c1-3-15(2)12-13-6-10-16(11-7-13)9-5-4-8-14/h13H,3-12,14H2,1-2H3. The Bertz CT molecular complexity index is 165. The molecule has 0 bridgehead atoms. The third-order valence-electron chi connectivity index (χ3n) is 3.75. The van der Waals surface area contributed by atoms with Gasteiger partial charge in [-0.15, -0.1) is 0 Å². The second kappa shape index (κ2) is 8.04. The zero-order chi connectivity index (χ0) is 11.8. The first-order chi connectivity index (χ1) is 7.76. The molecular formula is C13H29N3. The Balaban J connectivity index is 2.08. The van der Waals surface area contributed by atoms with E-state index in [0.717, 1.165) is 12.5 Å². The highest BCUT2D eigenvalue weighted by molar-refractivity contribution is 4.74. The van der Waals surface area contributed by atoms with Crippen LogP contribution in [0.2, 0.25) is 0 Å². The third kappa shape index (κ3) is 5.28. The summed E-state index contributed by atoms with van der Waals surface area (Å²) in [5.74, 6) is 0.927. The molecule has 1 heterocycles. The molecule has 0 amide bonds. The summed E-state index contributed by atoms with van der Waals surface area (Å²) in [6, 6.07) is 0. The molecule has 0 spiro atoms. The highest BCUT2D eigenvalue weighted by atomic mass is 15.1. The normalized spacial score (nSPS) is 19.5. The molecule has 0 aromatic heterocycles. The number of unbranched alkanes of at least 4 members (excludes halogenated alkanes) is 1. The van der Waals surface area contributed by atoms with Gasteiger partial charge in [-0.2, -0.15) is 0 Å². The predicted octanol–water partition coefficient (Wildman–Crippen LogP) is 1.39. The summed E-state index contributed by atoms with van der Waals surface area (Å²) in [5.41, 5.74) is 5.51. The van der Waals surface area contributed by atoms with E-state index in [-0.39, 0.29) is 0 Å². The van der Waals surface area contributed by atoms with Crippen LogP contribution in [0.5, 0.6) is 0 Å². The van der Waals surface area contributed by atoms with Gasteiger partial charge in [-0.25, -0.2) is 0 Å². The number of likely N-dealkylation sites (tertiary alicyclic amines) is 1. The summed E-state index contributed by atoms with van der Waals surface area (Å²) < 4.78 is 0. The Labute approximate surface area is 101 Å². The van der Waals surface area contributed by atoms with E-state index in [0.29, 0.717) is 0 Å². The largest absolute Gasteiger partial charge is 0.330 e. The van der Waals surface area contributed by atoms with Gasteiger partial charge in [0, 0.05) is 6.54 Å². The maximum Gasteiger partial charge on any atom is 0.000744 e. The van der Waals surface area contributed by atoms with Crippen molar-refractivity contribution in [1.82, 2.24) is 9.80 Å². The lowest BCUT2D eigenvalue weighted by atomic mass is 9.96. The maximum absolute atomic E-state index is 5.51. The van der Waals surface area contributed by atoms with Crippen LogP contribution in [0, 0.1) is 5.92 Å². The van der Waals surface area contributed by atoms with Crippen molar-refractivity contribution in [1.29, 1.82) is 0 Å². The van der Waals surface area contributed by atoms with Gasteiger partial charge in [-0.3, -0.25) is 0 Å². The van der Waals surface area contributed by atoms with Crippen LogP contribution in [0.4, 0.5) is 0 Å². The molecule has 2 N–H and O–H groups in total. The van der Waals surface area contributed by atoms with E-state index in [4.69, 9.17) is 5.73 Å². The van der Waals surface area contributed by atoms with Crippen molar-refractivity contribution in [3.63, 3.8) is 0 Å². The molecule has 0 saturated carbocycles. The molecule has 1 aliphatic heterocycles. The van der Waals surface area contributed by atoms with E-state index < -0.39 is 0 Å². The second-order valence-corrected chi connectivity index (χ2v) is 5.14. The summed E-state index contributed by atoms with van der Waals surface area (Å²) in [4.78, 5) is 5.05. The molecule has 3 heteroatoms. The summed E-state index contributed by atoms with van der Waals surface area (Å²) >= 11 is 0. The molecule has 3 nitrogen and oxygen atoms in total. The van der Waals surface area contributed by atoms with Gasteiger partial charge in [0.05, 0.1) is 0 Å². The van der Waals surface area contributed by atoms with Crippen LogP contribution in [0.1, 0.15) is 32.6 Å². The molecule has 1 aliphatic rings. The molecule has 0 atom stereocenters. The second-order valence-electron chi connectivity index (χ2n) is 5.14. The van der Waals surface area contributed by atoms with E-state index >= 15 is 0 Å². The Kier molecular flexibility index (Phi) is 7.01. The molecule has 96 valence electrons. The van der Waals surface area contributed by atoms with E-state index in [2.05, 4.69) is 23.8 Å². The third-order valence-corrected chi connectivity index (χ3v) is 3.75. The Morgan fingerprint density at radius 2 is 1.94 bits per heavy atom. The van der Waals surface area contributed by atoms with E-state index in [1.807, 2.05) is 0 Å². The van der Waals surface area contributed by atoms with Crippen molar-refractivity contribution in [3.8, 4) is 0 Å². The molecule has 1 rings (SSSR count). The van der Waals surface area contributed by atoms with Crippen LogP contribution < -0.4 is 5.73 Å². The lowest BCUT2D eigenvalue weighted by Crippen LogP contribution is -2.38. The lowest BCUT2D eigenvalue weighted by Gasteiger charge is -2.33. The first-order valence-electron chi connectivity index (χ1n) is 6.87. The average Bonchev–Trinajstić information content (AvgIpc) is 2.31. The number of nitrogens with two attached hydrogens (primary N) is 1. The minimum atomic E-state index is 0.845. The van der Waals surface area contributed by atoms with Gasteiger partial charge in [0.15, 0.2) is 0 Å². The predicted molar refractivity (Wildman–Crippen MR) is 70.6 cm³/mol. The molecule has 0 aromatic carbocycles. The van der Waals surface area contributed by atoms with Crippen LogP contribution in [0.15, 0.2) is 0 Å². The van der Waals surface area contributed by atoms with Gasteiger partial charge < -0.3 is 15.5 Å². The van der Waals surface area contributed by atoms with Crippen molar-refractivity contribution in [3.05, 3.63) is 0 Å². The zero-order valence-electron chi connectivity index (χ0n) is 11.1. The molecule has 0 radical (unpaired) electrons. The van der Waals surface area contributed by atoms with Crippen molar-refractivity contribution in [2.45, 2.75) is 32.6 Å². The molecule has 16 heavy (non-hydrogen) atoms. The molecule has 0 aromatic rings. The van der Waals surface area contributed by atoms with Crippen molar-refractivity contribution in [2.24, 2.45) is 11.7 Å². The first-order valence-corrected chi connectivity index (χ1v) is 6.87. The molecule has 1 saturated heterocycles. The Morgan fingerprint density at radius 3 is 2.50 bits per heavy atom. The highest BCUT2D eigenvalue weighted by Gasteiger charge is 2.19. The van der Waals surface area contributed by atoms with Crippen molar-refractivity contribution in [2.75, 3.05) is 46.3 Å². The SMILES string of the molecule is CCN(C)CC1CCN(CCCCN)CC1. The Morgan fingerprint density at radius 1 is 1.25 bits per heavy atom. The average molecular weight is 227 g/mol. The van der Waals surface area contributed by atoms with E-state index in [1.54, 1.807) is 0 Å². The van der Waals surface area contributed by atoms with Crippen molar-refractivity contribution >= 4 is 0 Å². The van der Waals surface area contributed by atoms with Crippen LogP contribution in [0.25, 0.3) is 0 Å². The molecular weight excluding hydrogens is 198 g/mol. The van der Waals surface area contributed by atoms with Crippen LogP contribution in [-0.4, -0.2) is 56.1 Å². The minimum absolute atomic E-state index is 0.845. The topological polar surface area (TPSA) is 32.5 Å². The van der Waals surface area contributed by atoms with Crippen LogP contribution >= 0.6 is 0 Å². The molecule has 0 aliphatic carbocycles. The Hall–Kier alpha value is -0.120. The fraction of sp³-hybridized carbons (Fsp3) is 1.00. The van der Waals surface area contributed by atoms with E-state index in [1.165, 1.54) is 58.4 Å². The van der Waals surface area contributed by atoms with E-state index in [9.17, 15) is 0 Å². The monoisotopic (exact) mass is 227 g/mol. The number of hydrogen-bond donors (Lipinski definition) is 1. The van der Waals surface area contributed by atoms with Crippen LogP contribution in [0.3, 0.4) is 0 Å². The summed E-state index contributed by atoms with van der Waals surface area (Å²) in [6.45, 7) is 9.40. The van der Waals surface area contributed by atoms with Gasteiger partial charge in [0.1, 0.15) is 0 Å². The molecule has 1 fully saturated rings. The number of rotatable bonds is 7. The lowest BCUT2D eigenvalue weighted by molar-refractivity contribution is 0.155. The quantitative estimate of drug-likeness (QED) is 0.667. The maximum atomic E-state index is 5.51.